The molecule has 1 aromatic heterocycles. The molecule has 1 amide bonds. The van der Waals surface area contributed by atoms with Crippen LogP contribution in [-0.4, -0.2) is 23.5 Å². The summed E-state index contributed by atoms with van der Waals surface area (Å²) in [4.78, 5) is 16.8. The first kappa shape index (κ1) is 12.5. The molecule has 0 radical (unpaired) electrons. The molecule has 4 nitrogen and oxygen atoms in total. The van der Waals surface area contributed by atoms with E-state index in [9.17, 15) is 4.79 Å². The van der Waals surface area contributed by atoms with Crippen molar-refractivity contribution in [3.05, 3.63) is 15.6 Å². The number of nitrogens with one attached hydrogen (secondary N) is 2. The molecular formula is C12H19N3OS. The second kappa shape index (κ2) is 5.14. The van der Waals surface area contributed by atoms with E-state index in [0.29, 0.717) is 18.5 Å². The molecule has 1 aliphatic rings. The van der Waals surface area contributed by atoms with Crippen molar-refractivity contribution in [1.82, 2.24) is 15.6 Å². The Morgan fingerprint density at radius 1 is 1.59 bits per heavy atom. The molecule has 0 aromatic carbocycles. The predicted molar refractivity (Wildman–Crippen MR) is 69.2 cm³/mol. The van der Waals surface area contributed by atoms with Crippen molar-refractivity contribution in [2.75, 3.05) is 6.54 Å². The number of hydrogen-bond donors (Lipinski definition) is 2. The lowest BCUT2D eigenvalue weighted by molar-refractivity contribution is -0.119. The Balaban J connectivity index is 1.87. The zero-order chi connectivity index (χ0) is 12.4. The summed E-state index contributed by atoms with van der Waals surface area (Å²) in [7, 11) is 0. The van der Waals surface area contributed by atoms with Gasteiger partial charge in [-0.3, -0.25) is 4.79 Å². The van der Waals surface area contributed by atoms with Gasteiger partial charge in [0.25, 0.3) is 0 Å². The van der Waals surface area contributed by atoms with Crippen LogP contribution in [0.5, 0.6) is 0 Å². The third-order valence-corrected chi connectivity index (χ3v) is 4.34. The van der Waals surface area contributed by atoms with E-state index in [-0.39, 0.29) is 5.91 Å². The van der Waals surface area contributed by atoms with Crippen LogP contribution in [0.2, 0.25) is 0 Å². The highest BCUT2D eigenvalue weighted by molar-refractivity contribution is 7.11. The number of carbonyl (C=O) groups excluding carboxylic acids is 1. The molecule has 1 aliphatic heterocycles. The highest BCUT2D eigenvalue weighted by atomic mass is 32.1. The minimum atomic E-state index is 0.175. The van der Waals surface area contributed by atoms with Gasteiger partial charge in [-0.25, -0.2) is 4.98 Å². The molecule has 1 saturated heterocycles. The van der Waals surface area contributed by atoms with Gasteiger partial charge in [0.15, 0.2) is 0 Å². The lowest BCUT2D eigenvalue weighted by atomic mass is 10.2. The average Bonchev–Trinajstić information content (AvgIpc) is 2.81. The third kappa shape index (κ3) is 3.04. The molecule has 2 N–H and O–H groups in total. The van der Waals surface area contributed by atoms with Crippen LogP contribution in [0.25, 0.3) is 0 Å². The smallest absolute Gasteiger partial charge is 0.220 e. The lowest BCUT2D eigenvalue weighted by Crippen LogP contribution is -2.36. The van der Waals surface area contributed by atoms with Crippen LogP contribution in [-0.2, 0) is 4.79 Å². The summed E-state index contributed by atoms with van der Waals surface area (Å²) in [5.74, 6) is 0.175. The van der Waals surface area contributed by atoms with Crippen LogP contribution in [0.15, 0.2) is 0 Å². The van der Waals surface area contributed by atoms with Gasteiger partial charge in [0.1, 0.15) is 0 Å². The van der Waals surface area contributed by atoms with Crippen molar-refractivity contribution >= 4 is 17.2 Å². The molecule has 0 spiro atoms. The Labute approximate surface area is 106 Å². The Morgan fingerprint density at radius 3 is 2.88 bits per heavy atom. The van der Waals surface area contributed by atoms with Gasteiger partial charge in [-0.05, 0) is 27.2 Å². The van der Waals surface area contributed by atoms with E-state index < -0.39 is 0 Å². The van der Waals surface area contributed by atoms with Gasteiger partial charge in [-0.1, -0.05) is 0 Å². The maximum Gasteiger partial charge on any atom is 0.220 e. The second-order valence-electron chi connectivity index (χ2n) is 4.62. The second-order valence-corrected chi connectivity index (χ2v) is 5.85. The van der Waals surface area contributed by atoms with Crippen LogP contribution in [0, 0.1) is 13.8 Å². The minimum Gasteiger partial charge on any atom is -0.352 e. The SMILES string of the molecule is Cc1nc(C)c(C(C)NCC2CCC(=O)N2)s1. The Kier molecular flexibility index (Phi) is 3.79. The monoisotopic (exact) mass is 253 g/mol. The Bertz CT molecular complexity index is 416. The van der Waals surface area contributed by atoms with E-state index in [0.717, 1.165) is 23.7 Å². The molecule has 0 bridgehead atoms. The fraction of sp³-hybridized carbons (Fsp3) is 0.667. The number of amides is 1. The van der Waals surface area contributed by atoms with E-state index in [1.165, 1.54) is 4.88 Å². The quantitative estimate of drug-likeness (QED) is 0.858. The Hall–Kier alpha value is -0.940. The number of nitrogens with zero attached hydrogens (tertiary/aromatic N) is 1. The summed E-state index contributed by atoms with van der Waals surface area (Å²) in [5, 5.41) is 7.55. The first-order valence-electron chi connectivity index (χ1n) is 6.03. The van der Waals surface area contributed by atoms with E-state index >= 15 is 0 Å². The van der Waals surface area contributed by atoms with Crippen molar-refractivity contribution in [1.29, 1.82) is 0 Å². The van der Waals surface area contributed by atoms with Crippen molar-refractivity contribution < 1.29 is 4.79 Å². The standard InChI is InChI=1S/C12H19N3OS/c1-7(12-8(2)14-9(3)17-12)13-6-10-4-5-11(16)15-10/h7,10,13H,4-6H2,1-3H3,(H,15,16). The Morgan fingerprint density at radius 2 is 2.35 bits per heavy atom. The van der Waals surface area contributed by atoms with Gasteiger partial charge in [0, 0.05) is 29.9 Å². The van der Waals surface area contributed by atoms with Crippen LogP contribution < -0.4 is 10.6 Å². The summed E-state index contributed by atoms with van der Waals surface area (Å²) < 4.78 is 0. The number of aryl methyl sites for hydroxylation is 2. The lowest BCUT2D eigenvalue weighted by Gasteiger charge is -2.16. The van der Waals surface area contributed by atoms with Crippen molar-refractivity contribution in [3.63, 3.8) is 0 Å². The molecule has 2 unspecified atom stereocenters. The van der Waals surface area contributed by atoms with E-state index in [4.69, 9.17) is 0 Å². The van der Waals surface area contributed by atoms with Gasteiger partial charge in [0.2, 0.25) is 5.91 Å². The summed E-state index contributed by atoms with van der Waals surface area (Å²) in [6.45, 7) is 7.07. The van der Waals surface area contributed by atoms with Gasteiger partial charge < -0.3 is 10.6 Å². The first-order valence-corrected chi connectivity index (χ1v) is 6.84. The molecule has 5 heteroatoms. The maximum absolute atomic E-state index is 11.1. The zero-order valence-corrected chi connectivity index (χ0v) is 11.4. The molecule has 2 atom stereocenters. The van der Waals surface area contributed by atoms with Crippen LogP contribution in [0.4, 0.5) is 0 Å². The van der Waals surface area contributed by atoms with Gasteiger partial charge in [-0.2, -0.15) is 0 Å². The fourth-order valence-corrected chi connectivity index (χ4v) is 3.15. The highest BCUT2D eigenvalue weighted by Gasteiger charge is 2.21. The summed E-state index contributed by atoms with van der Waals surface area (Å²) in [6.07, 6.45) is 1.61. The van der Waals surface area contributed by atoms with Gasteiger partial charge in [-0.15, -0.1) is 11.3 Å². The molecule has 2 rings (SSSR count). The molecule has 0 aliphatic carbocycles. The first-order chi connectivity index (χ1) is 8.06. The van der Waals surface area contributed by atoms with Crippen LogP contribution in [0.3, 0.4) is 0 Å². The largest absolute Gasteiger partial charge is 0.352 e. The summed E-state index contributed by atoms with van der Waals surface area (Å²) >= 11 is 1.74. The highest BCUT2D eigenvalue weighted by Crippen LogP contribution is 2.24. The third-order valence-electron chi connectivity index (χ3n) is 3.09. The van der Waals surface area contributed by atoms with E-state index in [1.54, 1.807) is 11.3 Å². The molecule has 1 fully saturated rings. The zero-order valence-electron chi connectivity index (χ0n) is 10.5. The van der Waals surface area contributed by atoms with Gasteiger partial charge >= 0.3 is 0 Å². The van der Waals surface area contributed by atoms with Gasteiger partial charge in [0.05, 0.1) is 10.7 Å². The molecule has 0 saturated carbocycles. The van der Waals surface area contributed by atoms with E-state index in [2.05, 4.69) is 22.5 Å². The van der Waals surface area contributed by atoms with Crippen molar-refractivity contribution in [2.24, 2.45) is 0 Å². The normalized spacial score (nSPS) is 21.6. The number of rotatable bonds is 4. The maximum atomic E-state index is 11.1. The number of thiazole rings is 1. The predicted octanol–water partition coefficient (Wildman–Crippen LogP) is 1.69. The molecule has 94 valence electrons. The van der Waals surface area contributed by atoms with Crippen LogP contribution >= 0.6 is 11.3 Å². The average molecular weight is 253 g/mol. The fourth-order valence-electron chi connectivity index (χ4n) is 2.19. The number of carbonyl (C=O) groups is 1. The molecule has 1 aromatic rings. The topological polar surface area (TPSA) is 54.0 Å². The van der Waals surface area contributed by atoms with Crippen molar-refractivity contribution in [3.8, 4) is 0 Å². The number of hydrogen-bond acceptors (Lipinski definition) is 4. The molecule has 2 heterocycles. The minimum absolute atomic E-state index is 0.175. The summed E-state index contributed by atoms with van der Waals surface area (Å²) in [5.41, 5.74) is 1.11. The molecule has 17 heavy (non-hydrogen) atoms. The van der Waals surface area contributed by atoms with Crippen molar-refractivity contribution in [2.45, 2.75) is 45.7 Å². The van der Waals surface area contributed by atoms with Crippen LogP contribution in [0.1, 0.15) is 41.4 Å². The molecular weight excluding hydrogens is 234 g/mol. The summed E-state index contributed by atoms with van der Waals surface area (Å²) in [6, 6.07) is 0.595. The van der Waals surface area contributed by atoms with E-state index in [1.807, 2.05) is 13.8 Å². The number of aromatic nitrogens is 1.